The van der Waals surface area contributed by atoms with Gasteiger partial charge in [0.05, 0.1) is 23.4 Å². The molecule has 2 aliphatic rings. The van der Waals surface area contributed by atoms with Crippen LogP contribution in [0.5, 0.6) is 17.2 Å². The van der Waals surface area contributed by atoms with Crippen LogP contribution in [0.15, 0.2) is 76.6 Å². The van der Waals surface area contributed by atoms with E-state index in [-0.39, 0.29) is 24.6 Å². The van der Waals surface area contributed by atoms with Crippen LogP contribution in [0.2, 0.25) is 10.0 Å². The molecule has 2 aliphatic heterocycles. The van der Waals surface area contributed by atoms with Gasteiger partial charge in [0.15, 0.2) is 16.7 Å². The van der Waals surface area contributed by atoms with E-state index < -0.39 is 5.91 Å². The molecule has 7 nitrogen and oxygen atoms in total. The van der Waals surface area contributed by atoms with Crippen LogP contribution in [0.4, 0.5) is 0 Å². The molecular formula is C29H23Cl2N3O4S. The third-order valence-electron chi connectivity index (χ3n) is 5.97. The summed E-state index contributed by atoms with van der Waals surface area (Å²) in [6.45, 7) is 2.41. The Kier molecular flexibility index (Phi) is 7.97. The van der Waals surface area contributed by atoms with Crippen molar-refractivity contribution in [3.05, 3.63) is 98.4 Å². The van der Waals surface area contributed by atoms with Crippen LogP contribution in [0, 0.1) is 12.3 Å². The smallest absolute Gasteiger partial charge is 0.283 e. The monoisotopic (exact) mass is 579 g/mol. The van der Waals surface area contributed by atoms with Gasteiger partial charge in [0.1, 0.15) is 24.8 Å². The van der Waals surface area contributed by atoms with E-state index in [2.05, 4.69) is 4.99 Å². The van der Waals surface area contributed by atoms with Crippen molar-refractivity contribution in [3.8, 4) is 17.2 Å². The first-order chi connectivity index (χ1) is 18.9. The van der Waals surface area contributed by atoms with E-state index in [0.717, 1.165) is 16.8 Å². The summed E-state index contributed by atoms with van der Waals surface area (Å²) in [5, 5.41) is 12.1. The van der Waals surface area contributed by atoms with Crippen LogP contribution in [-0.2, 0) is 4.79 Å². The van der Waals surface area contributed by atoms with E-state index in [0.29, 0.717) is 38.0 Å². The molecule has 0 atom stereocenters. The Hall–Kier alpha value is -3.72. The Morgan fingerprint density at radius 1 is 1.03 bits per heavy atom. The highest BCUT2D eigenvalue weighted by molar-refractivity contribution is 8.17. The van der Waals surface area contributed by atoms with Crippen molar-refractivity contribution >= 4 is 63.6 Å². The number of aliphatic imine (C=N–C) groups is 1. The molecule has 0 saturated carbocycles. The third kappa shape index (κ3) is 5.68. The maximum Gasteiger partial charge on any atom is 0.283 e. The van der Waals surface area contributed by atoms with Gasteiger partial charge in [-0.25, -0.2) is 0 Å². The quantitative estimate of drug-likeness (QED) is 0.227. The Morgan fingerprint density at radius 3 is 2.54 bits per heavy atom. The summed E-state index contributed by atoms with van der Waals surface area (Å²) in [5.74, 6) is 0.972. The summed E-state index contributed by atoms with van der Waals surface area (Å²) in [6.07, 6.45) is 1.58. The number of carbonyl (C=O) groups excluding carboxylic acids is 1. The van der Waals surface area contributed by atoms with Crippen molar-refractivity contribution in [1.82, 2.24) is 4.90 Å². The van der Waals surface area contributed by atoms with Crippen molar-refractivity contribution < 1.29 is 19.0 Å². The molecule has 3 aromatic rings. The van der Waals surface area contributed by atoms with Gasteiger partial charge in [0, 0.05) is 10.4 Å². The van der Waals surface area contributed by atoms with Crippen LogP contribution in [-0.4, -0.2) is 42.1 Å². The zero-order valence-corrected chi connectivity index (χ0v) is 23.4. The van der Waals surface area contributed by atoms with Gasteiger partial charge in [-0.05, 0) is 60.0 Å². The zero-order chi connectivity index (χ0) is 27.5. The SMILES string of the molecule is COc1cc(/C=C2/C(=N)N3C(c4ccccc4)=CSC3=NC2=O)cc(Cl)c1OCCOc1ccc(Cl)c(C)c1. The first-order valence-corrected chi connectivity index (χ1v) is 13.5. The molecule has 0 radical (unpaired) electrons. The number of halogens is 2. The fraction of sp³-hybridized carbons (Fsp3) is 0.138. The minimum atomic E-state index is -0.494. The number of rotatable bonds is 8. The summed E-state index contributed by atoms with van der Waals surface area (Å²) >= 11 is 13.9. The number of hydrogen-bond acceptors (Lipinski definition) is 6. The Morgan fingerprint density at radius 2 is 1.79 bits per heavy atom. The Labute approximate surface area is 240 Å². The number of hydrogen-bond donors (Lipinski definition) is 1. The van der Waals surface area contributed by atoms with Crippen molar-refractivity contribution in [2.75, 3.05) is 20.3 Å². The normalized spacial score (nSPS) is 15.7. The largest absolute Gasteiger partial charge is 0.493 e. The highest BCUT2D eigenvalue weighted by Crippen LogP contribution is 2.39. The second-order valence-corrected chi connectivity index (χ2v) is 10.2. The number of amidine groups is 2. The fourth-order valence-corrected chi connectivity index (χ4v) is 5.33. The molecule has 10 heteroatoms. The first-order valence-electron chi connectivity index (χ1n) is 11.9. The Bertz CT molecular complexity index is 1550. The predicted octanol–water partition coefficient (Wildman–Crippen LogP) is 7.07. The lowest BCUT2D eigenvalue weighted by atomic mass is 10.1. The van der Waals surface area contributed by atoms with E-state index in [4.69, 9.17) is 42.8 Å². The van der Waals surface area contributed by atoms with Crippen LogP contribution >= 0.6 is 35.0 Å². The first kappa shape index (κ1) is 26.9. The number of nitrogens with zero attached hydrogens (tertiary/aromatic N) is 2. The molecule has 2 heterocycles. The average molecular weight is 580 g/mol. The number of carbonyl (C=O) groups is 1. The summed E-state index contributed by atoms with van der Waals surface area (Å²) in [6, 6.07) is 18.5. The van der Waals surface area contributed by atoms with Gasteiger partial charge < -0.3 is 14.2 Å². The molecule has 0 fully saturated rings. The van der Waals surface area contributed by atoms with E-state index >= 15 is 0 Å². The average Bonchev–Trinajstić information content (AvgIpc) is 3.36. The molecular weight excluding hydrogens is 557 g/mol. The lowest BCUT2D eigenvalue weighted by molar-refractivity contribution is -0.114. The standard InChI is InChI=1S/C29H23Cl2N3O4S/c1-17-12-20(8-9-22(17)30)37-10-11-38-26-23(31)14-18(15-25(26)36-2)13-21-27(32)34-24(19-6-4-3-5-7-19)16-39-29(34)33-28(21)35/h3-9,12-16,32H,10-11H2,1-2H3/b21-13-,32-27?. The highest BCUT2D eigenvalue weighted by atomic mass is 35.5. The predicted molar refractivity (Wildman–Crippen MR) is 157 cm³/mol. The lowest BCUT2D eigenvalue weighted by Crippen LogP contribution is -2.38. The van der Waals surface area contributed by atoms with Gasteiger partial charge in [-0.3, -0.25) is 15.1 Å². The fourth-order valence-electron chi connectivity index (χ4n) is 4.05. The maximum absolute atomic E-state index is 12.9. The molecule has 0 bridgehead atoms. The molecule has 0 unspecified atom stereocenters. The minimum absolute atomic E-state index is 0.0371. The van der Waals surface area contributed by atoms with Crippen molar-refractivity contribution in [3.63, 3.8) is 0 Å². The second-order valence-electron chi connectivity index (χ2n) is 8.57. The van der Waals surface area contributed by atoms with Crippen LogP contribution in [0.3, 0.4) is 0 Å². The van der Waals surface area contributed by atoms with Crippen molar-refractivity contribution in [2.24, 2.45) is 4.99 Å². The van der Waals surface area contributed by atoms with Gasteiger partial charge in [-0.15, -0.1) is 0 Å². The van der Waals surface area contributed by atoms with Gasteiger partial charge in [0.2, 0.25) is 0 Å². The lowest BCUT2D eigenvalue weighted by Gasteiger charge is -2.27. The highest BCUT2D eigenvalue weighted by Gasteiger charge is 2.36. The molecule has 1 N–H and O–H groups in total. The molecule has 39 heavy (non-hydrogen) atoms. The van der Waals surface area contributed by atoms with Crippen molar-refractivity contribution in [2.45, 2.75) is 6.92 Å². The van der Waals surface area contributed by atoms with E-state index in [1.165, 1.54) is 18.9 Å². The number of fused-ring (bicyclic) bond motifs is 1. The number of methoxy groups -OCH3 is 1. The number of amides is 1. The van der Waals surface area contributed by atoms with Gasteiger partial charge in [-0.2, -0.15) is 4.99 Å². The topological polar surface area (TPSA) is 84.2 Å². The third-order valence-corrected chi connectivity index (χ3v) is 7.51. The number of aryl methyl sites for hydroxylation is 1. The van der Waals surface area contributed by atoms with E-state index in [9.17, 15) is 4.79 Å². The van der Waals surface area contributed by atoms with Crippen LogP contribution < -0.4 is 14.2 Å². The molecule has 0 aromatic heterocycles. The second kappa shape index (κ2) is 11.6. The van der Waals surface area contributed by atoms with Gasteiger partial charge in [-0.1, -0.05) is 65.3 Å². The molecule has 198 valence electrons. The van der Waals surface area contributed by atoms with Crippen LogP contribution in [0.25, 0.3) is 11.8 Å². The summed E-state index contributed by atoms with van der Waals surface area (Å²) < 4.78 is 17.1. The molecule has 1 amide bonds. The Balaban J connectivity index is 1.33. The van der Waals surface area contributed by atoms with E-state index in [1.54, 1.807) is 35.2 Å². The molecule has 3 aromatic carbocycles. The number of ether oxygens (including phenoxy) is 3. The summed E-state index contributed by atoms with van der Waals surface area (Å²) in [4.78, 5) is 18.7. The van der Waals surface area contributed by atoms with Gasteiger partial charge >= 0.3 is 0 Å². The molecule has 0 spiro atoms. The minimum Gasteiger partial charge on any atom is -0.493 e. The van der Waals surface area contributed by atoms with E-state index in [1.807, 2.05) is 48.7 Å². The number of benzene rings is 3. The molecule has 0 aliphatic carbocycles. The summed E-state index contributed by atoms with van der Waals surface area (Å²) in [7, 11) is 1.51. The number of nitrogens with one attached hydrogen (secondary N) is 1. The number of thioether (sulfide) groups is 1. The van der Waals surface area contributed by atoms with Crippen LogP contribution in [0.1, 0.15) is 16.7 Å². The zero-order valence-electron chi connectivity index (χ0n) is 21.0. The molecule has 5 rings (SSSR count). The summed E-state index contributed by atoms with van der Waals surface area (Å²) in [5.41, 5.74) is 3.35. The maximum atomic E-state index is 12.9. The molecule has 0 saturated heterocycles. The van der Waals surface area contributed by atoms with Crippen molar-refractivity contribution in [1.29, 1.82) is 5.41 Å². The van der Waals surface area contributed by atoms with Gasteiger partial charge in [0.25, 0.3) is 5.91 Å².